The standard InChI is InChI=1S/C25H32FN3O4S/c1-19(25(31)27-22-13-7-4-8-14-22)28(17-20-10-5-3-6-11-20)24(30)18-29(34(2,32)33)23-15-9-12-21(26)16-23/h3,5-6,9-12,15-16,19,22H,4,7-8,13-14,17-18H2,1-2H3,(H,27,31)/t19-/m0/s1. The molecule has 0 saturated heterocycles. The number of halogens is 1. The molecule has 2 aromatic carbocycles. The number of nitrogens with one attached hydrogen (secondary N) is 1. The van der Waals surface area contributed by atoms with E-state index in [0.29, 0.717) is 0 Å². The molecule has 7 nitrogen and oxygen atoms in total. The largest absolute Gasteiger partial charge is 0.352 e. The van der Waals surface area contributed by atoms with Crippen molar-refractivity contribution in [2.75, 3.05) is 17.1 Å². The molecule has 3 rings (SSSR count). The van der Waals surface area contributed by atoms with E-state index in [-0.39, 0.29) is 24.2 Å². The summed E-state index contributed by atoms with van der Waals surface area (Å²) in [5.74, 6) is -1.43. The van der Waals surface area contributed by atoms with Gasteiger partial charge in [-0.2, -0.15) is 0 Å². The van der Waals surface area contributed by atoms with Crippen LogP contribution in [0.2, 0.25) is 0 Å². The molecule has 2 aromatic rings. The molecule has 1 aliphatic carbocycles. The maximum Gasteiger partial charge on any atom is 0.244 e. The zero-order chi connectivity index (χ0) is 24.7. The minimum absolute atomic E-state index is 0.0508. The van der Waals surface area contributed by atoms with Crippen molar-refractivity contribution in [2.45, 2.75) is 57.7 Å². The SMILES string of the molecule is C[C@@H](C(=O)NC1CCCCC1)N(Cc1ccccc1)C(=O)CN(c1cccc(F)c1)S(C)(=O)=O. The number of hydrogen-bond donors (Lipinski definition) is 1. The quantitative estimate of drug-likeness (QED) is 0.585. The highest BCUT2D eigenvalue weighted by molar-refractivity contribution is 7.92. The van der Waals surface area contributed by atoms with E-state index in [2.05, 4.69) is 5.32 Å². The second-order valence-corrected chi connectivity index (χ2v) is 10.7. The van der Waals surface area contributed by atoms with Gasteiger partial charge in [0, 0.05) is 12.6 Å². The lowest BCUT2D eigenvalue weighted by Gasteiger charge is -2.33. The van der Waals surface area contributed by atoms with E-state index in [1.807, 2.05) is 30.3 Å². The van der Waals surface area contributed by atoms with Gasteiger partial charge in [0.15, 0.2) is 0 Å². The van der Waals surface area contributed by atoms with Gasteiger partial charge in [0.2, 0.25) is 21.8 Å². The van der Waals surface area contributed by atoms with E-state index < -0.39 is 34.3 Å². The Kier molecular flexibility index (Phi) is 8.66. The molecule has 2 amide bonds. The molecule has 1 atom stereocenters. The van der Waals surface area contributed by atoms with Crippen molar-refractivity contribution in [3.05, 3.63) is 66.0 Å². The molecule has 1 saturated carbocycles. The van der Waals surface area contributed by atoms with E-state index >= 15 is 0 Å². The second-order valence-electron chi connectivity index (χ2n) is 8.78. The van der Waals surface area contributed by atoms with E-state index in [9.17, 15) is 22.4 Å². The van der Waals surface area contributed by atoms with E-state index in [1.54, 1.807) is 6.92 Å². The number of carbonyl (C=O) groups excluding carboxylic acids is 2. The van der Waals surface area contributed by atoms with E-state index in [4.69, 9.17) is 0 Å². The average molecular weight is 490 g/mol. The molecule has 0 heterocycles. The lowest BCUT2D eigenvalue weighted by Crippen LogP contribution is -2.52. The molecule has 1 aliphatic rings. The van der Waals surface area contributed by atoms with Crippen LogP contribution in [0, 0.1) is 5.82 Å². The van der Waals surface area contributed by atoms with Crippen LogP contribution >= 0.6 is 0 Å². The molecular formula is C25H32FN3O4S. The number of carbonyl (C=O) groups is 2. The first-order valence-corrected chi connectivity index (χ1v) is 13.4. The summed E-state index contributed by atoms with van der Waals surface area (Å²) in [7, 11) is -3.89. The molecule has 0 aromatic heterocycles. The van der Waals surface area contributed by atoms with Crippen molar-refractivity contribution in [2.24, 2.45) is 0 Å². The van der Waals surface area contributed by atoms with Crippen molar-refractivity contribution in [1.29, 1.82) is 0 Å². The highest BCUT2D eigenvalue weighted by Crippen LogP contribution is 2.21. The molecular weight excluding hydrogens is 457 g/mol. The fourth-order valence-corrected chi connectivity index (χ4v) is 5.02. The number of anilines is 1. The Morgan fingerprint density at radius 3 is 2.35 bits per heavy atom. The maximum atomic E-state index is 13.8. The van der Waals surface area contributed by atoms with Gasteiger partial charge in [-0.15, -0.1) is 0 Å². The third-order valence-corrected chi connectivity index (χ3v) is 7.23. The second kappa shape index (κ2) is 11.5. The molecule has 0 bridgehead atoms. The summed E-state index contributed by atoms with van der Waals surface area (Å²) in [5.41, 5.74) is 0.861. The van der Waals surface area contributed by atoms with Crippen LogP contribution in [0.4, 0.5) is 10.1 Å². The first kappa shape index (κ1) is 25.7. The van der Waals surface area contributed by atoms with Gasteiger partial charge in [-0.1, -0.05) is 55.7 Å². The van der Waals surface area contributed by atoms with Crippen LogP contribution < -0.4 is 9.62 Å². The fraction of sp³-hybridized carbons (Fsp3) is 0.440. The first-order valence-electron chi connectivity index (χ1n) is 11.5. The summed E-state index contributed by atoms with van der Waals surface area (Å²) in [6.07, 6.45) is 6.05. The molecule has 184 valence electrons. The summed E-state index contributed by atoms with van der Waals surface area (Å²) in [4.78, 5) is 27.9. The Hall–Kier alpha value is -2.94. The Balaban J connectivity index is 1.84. The van der Waals surface area contributed by atoms with Gasteiger partial charge >= 0.3 is 0 Å². The molecule has 0 radical (unpaired) electrons. The van der Waals surface area contributed by atoms with Crippen molar-refractivity contribution in [3.63, 3.8) is 0 Å². The Morgan fingerprint density at radius 1 is 1.06 bits per heavy atom. The predicted octanol–water partition coefficient (Wildman–Crippen LogP) is 3.46. The lowest BCUT2D eigenvalue weighted by atomic mass is 9.95. The molecule has 1 N–H and O–H groups in total. The normalized spacial score (nSPS) is 15.4. The average Bonchev–Trinajstić information content (AvgIpc) is 2.81. The van der Waals surface area contributed by atoms with Crippen LogP contribution in [0.15, 0.2) is 54.6 Å². The Labute approximate surface area is 201 Å². The minimum atomic E-state index is -3.89. The zero-order valence-corrected chi connectivity index (χ0v) is 20.4. The van der Waals surface area contributed by atoms with Crippen LogP contribution in [0.25, 0.3) is 0 Å². The summed E-state index contributed by atoms with van der Waals surface area (Å²) in [6, 6.07) is 13.5. The van der Waals surface area contributed by atoms with Crippen LogP contribution in [0.3, 0.4) is 0 Å². The number of sulfonamides is 1. The molecule has 0 unspecified atom stereocenters. The van der Waals surface area contributed by atoms with Crippen molar-refractivity contribution in [3.8, 4) is 0 Å². The number of benzene rings is 2. The first-order chi connectivity index (χ1) is 16.1. The number of rotatable bonds is 9. The smallest absolute Gasteiger partial charge is 0.244 e. The summed E-state index contributed by atoms with van der Waals surface area (Å²) in [5, 5.41) is 3.05. The summed E-state index contributed by atoms with van der Waals surface area (Å²) in [6.45, 7) is 1.24. The minimum Gasteiger partial charge on any atom is -0.352 e. The Bertz CT molecular complexity index is 1090. The predicted molar refractivity (Wildman–Crippen MR) is 130 cm³/mol. The van der Waals surface area contributed by atoms with Crippen LogP contribution in [-0.4, -0.2) is 50.0 Å². The Morgan fingerprint density at radius 2 is 1.74 bits per heavy atom. The highest BCUT2D eigenvalue weighted by Gasteiger charge is 2.31. The third kappa shape index (κ3) is 7.03. The topological polar surface area (TPSA) is 86.8 Å². The fourth-order valence-electron chi connectivity index (χ4n) is 4.18. The molecule has 1 fully saturated rings. The van der Waals surface area contributed by atoms with Crippen LogP contribution in [-0.2, 0) is 26.2 Å². The van der Waals surface area contributed by atoms with Crippen molar-refractivity contribution >= 4 is 27.5 Å². The summed E-state index contributed by atoms with van der Waals surface area (Å²) < 4.78 is 39.6. The molecule has 9 heteroatoms. The van der Waals surface area contributed by atoms with Gasteiger partial charge in [-0.25, -0.2) is 12.8 Å². The van der Waals surface area contributed by atoms with Crippen LogP contribution in [0.5, 0.6) is 0 Å². The number of nitrogens with zero attached hydrogens (tertiary/aromatic N) is 2. The number of hydrogen-bond acceptors (Lipinski definition) is 4. The van der Waals surface area contributed by atoms with Gasteiger partial charge in [0.25, 0.3) is 0 Å². The third-order valence-electron chi connectivity index (χ3n) is 6.09. The van der Waals surface area contributed by atoms with Crippen molar-refractivity contribution in [1.82, 2.24) is 10.2 Å². The van der Waals surface area contributed by atoms with Gasteiger partial charge in [0.1, 0.15) is 18.4 Å². The zero-order valence-electron chi connectivity index (χ0n) is 19.6. The lowest BCUT2D eigenvalue weighted by molar-refractivity contribution is -0.139. The summed E-state index contributed by atoms with van der Waals surface area (Å²) >= 11 is 0. The van der Waals surface area contributed by atoms with Gasteiger partial charge < -0.3 is 10.2 Å². The van der Waals surface area contributed by atoms with Gasteiger partial charge in [-0.05, 0) is 43.5 Å². The number of amides is 2. The van der Waals surface area contributed by atoms with Gasteiger partial charge in [-0.3, -0.25) is 13.9 Å². The molecule has 0 spiro atoms. The maximum absolute atomic E-state index is 13.8. The molecule has 34 heavy (non-hydrogen) atoms. The monoisotopic (exact) mass is 489 g/mol. The highest BCUT2D eigenvalue weighted by atomic mass is 32.2. The van der Waals surface area contributed by atoms with E-state index in [0.717, 1.165) is 54.3 Å². The molecule has 0 aliphatic heterocycles. The van der Waals surface area contributed by atoms with Gasteiger partial charge in [0.05, 0.1) is 11.9 Å². The van der Waals surface area contributed by atoms with Crippen molar-refractivity contribution < 1.29 is 22.4 Å². The van der Waals surface area contributed by atoms with Crippen LogP contribution in [0.1, 0.15) is 44.6 Å². The van der Waals surface area contributed by atoms with E-state index in [1.165, 1.54) is 23.1 Å².